The van der Waals surface area contributed by atoms with Crippen molar-refractivity contribution in [3.05, 3.63) is 23.8 Å². The summed E-state index contributed by atoms with van der Waals surface area (Å²) in [6.45, 7) is 2.10. The molecule has 17 heavy (non-hydrogen) atoms. The van der Waals surface area contributed by atoms with Gasteiger partial charge >= 0.3 is 0 Å². The lowest BCUT2D eigenvalue weighted by atomic mass is 9.90. The van der Waals surface area contributed by atoms with Gasteiger partial charge in [0.15, 0.2) is 0 Å². The molecule has 0 spiro atoms. The maximum absolute atomic E-state index is 11.8. The van der Waals surface area contributed by atoms with Crippen molar-refractivity contribution in [2.75, 3.05) is 26.5 Å². The van der Waals surface area contributed by atoms with E-state index in [1.165, 1.54) is 5.56 Å². The number of nitrogens with one attached hydrogen (secondary N) is 1. The standard InChI is InChI=1S/C13H19NO2S/c1-16-11-3-4-12(13(9-11)17(2)15)10-5-7-14-8-6-10/h3-4,9-10,14H,5-8H2,1-2H3/t17-/m0/s1. The fourth-order valence-corrected chi connectivity index (χ4v) is 3.21. The molecule has 94 valence electrons. The van der Waals surface area contributed by atoms with E-state index in [2.05, 4.69) is 11.4 Å². The molecular formula is C13H19NO2S. The molecule has 1 aromatic carbocycles. The van der Waals surface area contributed by atoms with Crippen molar-refractivity contribution in [3.8, 4) is 5.75 Å². The number of methoxy groups -OCH3 is 1. The van der Waals surface area contributed by atoms with E-state index in [-0.39, 0.29) is 0 Å². The molecule has 0 radical (unpaired) electrons. The Morgan fingerprint density at radius 3 is 2.65 bits per heavy atom. The third-order valence-corrected chi connectivity index (χ3v) is 4.28. The SMILES string of the molecule is COc1ccc(C2CCNCC2)c([S@](C)=O)c1. The van der Waals surface area contributed by atoms with E-state index >= 15 is 0 Å². The first kappa shape index (κ1) is 12.6. The maximum Gasteiger partial charge on any atom is 0.120 e. The molecule has 1 heterocycles. The Hall–Kier alpha value is -0.870. The second-order valence-corrected chi connectivity index (χ2v) is 5.73. The average Bonchev–Trinajstić information content (AvgIpc) is 2.39. The summed E-state index contributed by atoms with van der Waals surface area (Å²) in [5, 5.41) is 3.36. The summed E-state index contributed by atoms with van der Waals surface area (Å²) < 4.78 is 17.0. The van der Waals surface area contributed by atoms with Crippen molar-refractivity contribution in [2.24, 2.45) is 0 Å². The van der Waals surface area contributed by atoms with Crippen LogP contribution in [0, 0.1) is 0 Å². The van der Waals surface area contributed by atoms with Crippen LogP contribution in [0.15, 0.2) is 23.1 Å². The van der Waals surface area contributed by atoms with Crippen LogP contribution in [0.5, 0.6) is 5.75 Å². The third kappa shape index (κ3) is 2.87. The molecule has 1 aliphatic heterocycles. The van der Waals surface area contributed by atoms with Crippen molar-refractivity contribution in [3.63, 3.8) is 0 Å². The highest BCUT2D eigenvalue weighted by atomic mass is 32.2. The van der Waals surface area contributed by atoms with Crippen LogP contribution in [0.25, 0.3) is 0 Å². The van der Waals surface area contributed by atoms with Gasteiger partial charge in [-0.1, -0.05) is 6.07 Å². The molecule has 0 saturated carbocycles. The minimum atomic E-state index is -0.954. The van der Waals surface area contributed by atoms with Crippen molar-refractivity contribution < 1.29 is 8.95 Å². The van der Waals surface area contributed by atoms with Gasteiger partial charge in [-0.15, -0.1) is 0 Å². The molecule has 1 saturated heterocycles. The summed E-state index contributed by atoms with van der Waals surface area (Å²) in [6, 6.07) is 5.95. The quantitative estimate of drug-likeness (QED) is 0.894. The first-order valence-corrected chi connectivity index (χ1v) is 7.50. The van der Waals surface area contributed by atoms with Gasteiger partial charge in [-0.05, 0) is 49.5 Å². The Kier molecular flexibility index (Phi) is 4.18. The molecule has 4 heteroatoms. The number of ether oxygens (including phenoxy) is 1. The number of hydrogen-bond donors (Lipinski definition) is 1. The molecule has 1 atom stereocenters. The van der Waals surface area contributed by atoms with E-state index in [0.29, 0.717) is 5.92 Å². The zero-order chi connectivity index (χ0) is 12.3. The number of benzene rings is 1. The van der Waals surface area contributed by atoms with Gasteiger partial charge < -0.3 is 10.1 Å². The first-order valence-electron chi connectivity index (χ1n) is 5.94. The zero-order valence-electron chi connectivity index (χ0n) is 10.4. The van der Waals surface area contributed by atoms with Crippen molar-refractivity contribution in [1.82, 2.24) is 5.32 Å². The van der Waals surface area contributed by atoms with Crippen molar-refractivity contribution in [2.45, 2.75) is 23.7 Å². The predicted octanol–water partition coefficient (Wildman–Crippen LogP) is 1.90. The maximum atomic E-state index is 11.8. The Bertz CT molecular complexity index is 414. The molecule has 0 unspecified atom stereocenters. The fraction of sp³-hybridized carbons (Fsp3) is 0.538. The highest BCUT2D eigenvalue weighted by Crippen LogP contribution is 2.31. The minimum Gasteiger partial charge on any atom is -0.497 e. The van der Waals surface area contributed by atoms with Gasteiger partial charge in [-0.25, -0.2) is 0 Å². The summed E-state index contributed by atoms with van der Waals surface area (Å²) >= 11 is 0. The Morgan fingerprint density at radius 1 is 1.35 bits per heavy atom. The van der Waals surface area contributed by atoms with E-state index in [4.69, 9.17) is 4.74 Å². The molecule has 0 aliphatic carbocycles. The van der Waals surface area contributed by atoms with Crippen LogP contribution in [0.4, 0.5) is 0 Å². The lowest BCUT2D eigenvalue weighted by Crippen LogP contribution is -2.27. The number of rotatable bonds is 3. The van der Waals surface area contributed by atoms with E-state index in [0.717, 1.165) is 36.6 Å². The largest absolute Gasteiger partial charge is 0.497 e. The van der Waals surface area contributed by atoms with Gasteiger partial charge in [-0.2, -0.15) is 0 Å². The predicted molar refractivity (Wildman–Crippen MR) is 70.2 cm³/mol. The summed E-state index contributed by atoms with van der Waals surface area (Å²) in [4.78, 5) is 0.927. The van der Waals surface area contributed by atoms with Gasteiger partial charge in [0.05, 0.1) is 17.9 Å². The summed E-state index contributed by atoms with van der Waals surface area (Å²) in [6.07, 6.45) is 3.98. The normalized spacial score (nSPS) is 18.9. The van der Waals surface area contributed by atoms with E-state index < -0.39 is 10.8 Å². The minimum absolute atomic E-state index is 0.529. The molecule has 2 rings (SSSR count). The first-order chi connectivity index (χ1) is 8.22. The topological polar surface area (TPSA) is 38.3 Å². The molecule has 1 N–H and O–H groups in total. The van der Waals surface area contributed by atoms with Crippen molar-refractivity contribution in [1.29, 1.82) is 0 Å². The van der Waals surface area contributed by atoms with Crippen LogP contribution in [0.1, 0.15) is 24.3 Å². The van der Waals surface area contributed by atoms with Gasteiger partial charge in [0.2, 0.25) is 0 Å². The van der Waals surface area contributed by atoms with Crippen molar-refractivity contribution >= 4 is 10.8 Å². The summed E-state index contributed by atoms with van der Waals surface area (Å²) in [5.41, 5.74) is 1.23. The second-order valence-electron chi connectivity index (χ2n) is 4.38. The van der Waals surface area contributed by atoms with Gasteiger partial charge in [0, 0.05) is 11.2 Å². The third-order valence-electron chi connectivity index (χ3n) is 3.31. The number of piperidine rings is 1. The Balaban J connectivity index is 2.34. The fourth-order valence-electron chi connectivity index (χ4n) is 2.36. The van der Waals surface area contributed by atoms with Crippen LogP contribution in [-0.2, 0) is 10.8 Å². The lowest BCUT2D eigenvalue weighted by molar-refractivity contribution is 0.411. The van der Waals surface area contributed by atoms with Gasteiger partial charge in [0.1, 0.15) is 5.75 Å². The van der Waals surface area contributed by atoms with E-state index in [9.17, 15) is 4.21 Å². The van der Waals surface area contributed by atoms with Crippen LogP contribution < -0.4 is 10.1 Å². The second kappa shape index (κ2) is 5.65. The van der Waals surface area contributed by atoms with E-state index in [1.54, 1.807) is 13.4 Å². The number of hydrogen-bond acceptors (Lipinski definition) is 3. The van der Waals surface area contributed by atoms with Crippen LogP contribution in [-0.4, -0.2) is 30.7 Å². The lowest BCUT2D eigenvalue weighted by Gasteiger charge is -2.24. The summed E-state index contributed by atoms with van der Waals surface area (Å²) in [5.74, 6) is 1.31. The molecule has 3 nitrogen and oxygen atoms in total. The van der Waals surface area contributed by atoms with E-state index in [1.807, 2.05) is 12.1 Å². The van der Waals surface area contributed by atoms with Crippen LogP contribution in [0.2, 0.25) is 0 Å². The Labute approximate surface area is 105 Å². The molecule has 0 amide bonds. The summed E-state index contributed by atoms with van der Waals surface area (Å²) in [7, 11) is 0.686. The zero-order valence-corrected chi connectivity index (χ0v) is 11.2. The monoisotopic (exact) mass is 253 g/mol. The Morgan fingerprint density at radius 2 is 2.06 bits per heavy atom. The smallest absolute Gasteiger partial charge is 0.120 e. The highest BCUT2D eigenvalue weighted by molar-refractivity contribution is 7.84. The van der Waals surface area contributed by atoms with Crippen LogP contribution in [0.3, 0.4) is 0 Å². The highest BCUT2D eigenvalue weighted by Gasteiger charge is 2.19. The molecule has 0 aromatic heterocycles. The van der Waals surface area contributed by atoms with Crippen LogP contribution >= 0.6 is 0 Å². The van der Waals surface area contributed by atoms with Gasteiger partial charge in [0.25, 0.3) is 0 Å². The molecule has 1 aliphatic rings. The molecule has 1 aromatic rings. The average molecular weight is 253 g/mol. The molecular weight excluding hydrogens is 234 g/mol. The molecule has 1 fully saturated rings. The molecule has 0 bridgehead atoms. The van der Waals surface area contributed by atoms with Gasteiger partial charge in [-0.3, -0.25) is 4.21 Å².